The van der Waals surface area contributed by atoms with Gasteiger partial charge in [-0.25, -0.2) is 0 Å². The Bertz CT molecular complexity index is 511. The van der Waals surface area contributed by atoms with Crippen LogP contribution in [0.25, 0.3) is 0 Å². The highest BCUT2D eigenvalue weighted by Gasteiger charge is 2.44. The van der Waals surface area contributed by atoms with E-state index in [2.05, 4.69) is 0 Å². The summed E-state index contributed by atoms with van der Waals surface area (Å²) in [4.78, 5) is 13.7. The summed E-state index contributed by atoms with van der Waals surface area (Å²) in [7, 11) is 0. The predicted octanol–water partition coefficient (Wildman–Crippen LogP) is 3.04. The average molecular weight is 336 g/mol. The van der Waals surface area contributed by atoms with Crippen LogP contribution >= 0.6 is 11.6 Å². The minimum absolute atomic E-state index is 0.123. The molecule has 0 spiro atoms. The van der Waals surface area contributed by atoms with Gasteiger partial charge in [0.15, 0.2) is 6.10 Å². The summed E-state index contributed by atoms with van der Waals surface area (Å²) in [6.45, 7) is 0.481. The third-order valence-corrected chi connectivity index (χ3v) is 4.19. The molecule has 1 aliphatic heterocycles. The lowest BCUT2D eigenvalue weighted by Gasteiger charge is -2.34. The van der Waals surface area contributed by atoms with E-state index >= 15 is 0 Å². The van der Waals surface area contributed by atoms with E-state index in [1.165, 1.54) is 0 Å². The molecule has 1 N–H and O–H groups in total. The van der Waals surface area contributed by atoms with Gasteiger partial charge in [0.05, 0.1) is 6.42 Å². The lowest BCUT2D eigenvalue weighted by Crippen LogP contribution is -2.45. The molecule has 0 bridgehead atoms. The van der Waals surface area contributed by atoms with Crippen LogP contribution in [0.4, 0.5) is 13.2 Å². The van der Waals surface area contributed by atoms with E-state index in [1.807, 2.05) is 0 Å². The van der Waals surface area contributed by atoms with Crippen LogP contribution in [-0.2, 0) is 11.2 Å². The Morgan fingerprint density at radius 1 is 1.27 bits per heavy atom. The lowest BCUT2D eigenvalue weighted by molar-refractivity contribution is -0.222. The molecule has 1 saturated heterocycles. The highest BCUT2D eigenvalue weighted by molar-refractivity contribution is 6.30. The Morgan fingerprint density at radius 2 is 1.82 bits per heavy atom. The van der Waals surface area contributed by atoms with Crippen molar-refractivity contribution in [1.82, 2.24) is 4.90 Å². The third-order valence-electron chi connectivity index (χ3n) is 3.94. The zero-order valence-corrected chi connectivity index (χ0v) is 12.6. The molecule has 0 saturated carbocycles. The summed E-state index contributed by atoms with van der Waals surface area (Å²) in [5.41, 5.74) is 0.812. The SMILES string of the molecule is O=C(Cc1ccc(Cl)cc1)N1CCC(C(O)C(F)(F)F)CC1. The first-order valence-corrected chi connectivity index (χ1v) is 7.42. The summed E-state index contributed by atoms with van der Waals surface area (Å²) >= 11 is 5.77. The molecule has 22 heavy (non-hydrogen) atoms. The summed E-state index contributed by atoms with van der Waals surface area (Å²) < 4.78 is 37.4. The minimum Gasteiger partial charge on any atom is -0.383 e. The Balaban J connectivity index is 1.86. The van der Waals surface area contributed by atoms with Gasteiger partial charge in [0, 0.05) is 18.1 Å². The number of carbonyl (C=O) groups is 1. The number of hydrogen-bond donors (Lipinski definition) is 1. The van der Waals surface area contributed by atoms with Crippen molar-refractivity contribution >= 4 is 17.5 Å². The molecule has 0 aliphatic carbocycles. The fourth-order valence-corrected chi connectivity index (χ4v) is 2.75. The van der Waals surface area contributed by atoms with E-state index in [0.29, 0.717) is 5.02 Å². The van der Waals surface area contributed by atoms with Crippen LogP contribution in [0.15, 0.2) is 24.3 Å². The number of piperidine rings is 1. The van der Waals surface area contributed by atoms with E-state index in [0.717, 1.165) is 5.56 Å². The lowest BCUT2D eigenvalue weighted by atomic mass is 9.90. The first-order chi connectivity index (χ1) is 10.3. The standard InChI is InChI=1S/C15H17ClF3NO2/c16-12-3-1-10(2-4-12)9-13(21)20-7-5-11(6-8-20)14(22)15(17,18)19/h1-4,11,14,22H,5-9H2. The number of carbonyl (C=O) groups excluding carboxylic acids is 1. The molecule has 122 valence electrons. The topological polar surface area (TPSA) is 40.5 Å². The van der Waals surface area contributed by atoms with Crippen LogP contribution in [0.5, 0.6) is 0 Å². The molecule has 3 nitrogen and oxygen atoms in total. The summed E-state index contributed by atoms with van der Waals surface area (Å²) in [5.74, 6) is -0.957. The van der Waals surface area contributed by atoms with Crippen LogP contribution in [0.3, 0.4) is 0 Å². The first-order valence-electron chi connectivity index (χ1n) is 7.04. The molecule has 1 fully saturated rings. The fourth-order valence-electron chi connectivity index (χ4n) is 2.62. The number of hydrogen-bond acceptors (Lipinski definition) is 2. The molecule has 0 radical (unpaired) electrons. The van der Waals surface area contributed by atoms with Crippen molar-refractivity contribution < 1.29 is 23.1 Å². The molecule has 7 heteroatoms. The molecule has 0 aromatic heterocycles. The number of likely N-dealkylation sites (tertiary alicyclic amines) is 1. The molecule has 1 unspecified atom stereocenters. The second kappa shape index (κ2) is 6.87. The number of nitrogens with zero attached hydrogens (tertiary/aromatic N) is 1. The van der Waals surface area contributed by atoms with Crippen LogP contribution in [0.1, 0.15) is 18.4 Å². The highest BCUT2D eigenvalue weighted by atomic mass is 35.5. The monoisotopic (exact) mass is 335 g/mol. The number of aliphatic hydroxyl groups excluding tert-OH is 1. The number of amides is 1. The molecule has 1 aromatic carbocycles. The molecule has 1 heterocycles. The van der Waals surface area contributed by atoms with Gasteiger partial charge in [-0.3, -0.25) is 4.79 Å². The molecular weight excluding hydrogens is 319 g/mol. The van der Waals surface area contributed by atoms with E-state index in [9.17, 15) is 23.1 Å². The van der Waals surface area contributed by atoms with E-state index < -0.39 is 18.2 Å². The predicted molar refractivity (Wildman–Crippen MR) is 76.5 cm³/mol. The van der Waals surface area contributed by atoms with E-state index in [1.54, 1.807) is 29.2 Å². The number of aliphatic hydroxyl groups is 1. The smallest absolute Gasteiger partial charge is 0.383 e. The maximum absolute atomic E-state index is 12.5. The van der Waals surface area contributed by atoms with Gasteiger partial charge in [-0.2, -0.15) is 13.2 Å². The van der Waals surface area contributed by atoms with Gasteiger partial charge >= 0.3 is 6.18 Å². The third kappa shape index (κ3) is 4.36. The molecule has 1 atom stereocenters. The van der Waals surface area contributed by atoms with Crippen molar-refractivity contribution in [3.8, 4) is 0 Å². The van der Waals surface area contributed by atoms with Crippen molar-refractivity contribution in [2.75, 3.05) is 13.1 Å². The Labute approximate surface area is 131 Å². The second-order valence-electron chi connectivity index (χ2n) is 5.51. The average Bonchev–Trinajstić information content (AvgIpc) is 2.48. The summed E-state index contributed by atoms with van der Waals surface area (Å²) in [6, 6.07) is 6.88. The van der Waals surface area contributed by atoms with Gasteiger partial charge in [0.25, 0.3) is 0 Å². The quantitative estimate of drug-likeness (QED) is 0.922. The van der Waals surface area contributed by atoms with Gasteiger partial charge in [0.2, 0.25) is 5.91 Å². The van der Waals surface area contributed by atoms with Gasteiger partial charge in [-0.15, -0.1) is 0 Å². The van der Waals surface area contributed by atoms with E-state index in [-0.39, 0.29) is 38.3 Å². The normalized spacial score (nSPS) is 18.3. The second-order valence-corrected chi connectivity index (χ2v) is 5.94. The van der Waals surface area contributed by atoms with Crippen LogP contribution in [-0.4, -0.2) is 41.3 Å². The van der Waals surface area contributed by atoms with Crippen molar-refractivity contribution in [3.05, 3.63) is 34.9 Å². The number of alkyl halides is 3. The van der Waals surface area contributed by atoms with E-state index in [4.69, 9.17) is 11.6 Å². The molecule has 1 aromatic rings. The van der Waals surface area contributed by atoms with Crippen molar-refractivity contribution in [2.24, 2.45) is 5.92 Å². The maximum atomic E-state index is 12.5. The Morgan fingerprint density at radius 3 is 2.32 bits per heavy atom. The molecular formula is C15H17ClF3NO2. The minimum atomic E-state index is -4.60. The summed E-state index contributed by atoms with van der Waals surface area (Å²) in [5, 5.41) is 9.84. The highest BCUT2D eigenvalue weighted by Crippen LogP contribution is 2.31. The Kier molecular flexibility index (Phi) is 5.34. The fraction of sp³-hybridized carbons (Fsp3) is 0.533. The first kappa shape index (κ1) is 17.1. The molecule has 2 rings (SSSR count). The van der Waals surface area contributed by atoms with Gasteiger partial charge in [0.1, 0.15) is 0 Å². The molecule has 1 amide bonds. The maximum Gasteiger partial charge on any atom is 0.414 e. The van der Waals surface area contributed by atoms with Crippen LogP contribution < -0.4 is 0 Å². The number of benzene rings is 1. The molecule has 1 aliphatic rings. The van der Waals surface area contributed by atoms with Gasteiger partial charge in [-0.05, 0) is 36.5 Å². The van der Waals surface area contributed by atoms with Gasteiger partial charge in [-0.1, -0.05) is 23.7 Å². The van der Waals surface area contributed by atoms with Crippen molar-refractivity contribution in [2.45, 2.75) is 31.5 Å². The summed E-state index contributed by atoms with van der Waals surface area (Å²) in [6.07, 6.45) is -6.38. The Hall–Kier alpha value is -1.27. The largest absolute Gasteiger partial charge is 0.414 e. The van der Waals surface area contributed by atoms with Crippen molar-refractivity contribution in [1.29, 1.82) is 0 Å². The van der Waals surface area contributed by atoms with Crippen molar-refractivity contribution in [3.63, 3.8) is 0 Å². The zero-order valence-electron chi connectivity index (χ0n) is 11.8. The van der Waals surface area contributed by atoms with Gasteiger partial charge < -0.3 is 10.0 Å². The van der Waals surface area contributed by atoms with Crippen LogP contribution in [0.2, 0.25) is 5.02 Å². The zero-order chi connectivity index (χ0) is 16.3. The number of halogens is 4. The van der Waals surface area contributed by atoms with Crippen LogP contribution in [0, 0.1) is 5.92 Å². The number of rotatable bonds is 3.